The number of halogens is 2. The summed E-state index contributed by atoms with van der Waals surface area (Å²) >= 11 is 7.94. The van der Waals surface area contributed by atoms with Crippen molar-refractivity contribution < 1.29 is 24.0 Å². The molecule has 4 rings (SSSR count). The molecule has 0 aromatic heterocycles. The van der Waals surface area contributed by atoms with Crippen LogP contribution < -0.4 is 15.0 Å². The van der Waals surface area contributed by atoms with Crippen molar-refractivity contribution in [2.45, 2.75) is 6.61 Å². The summed E-state index contributed by atoms with van der Waals surface area (Å²) in [6, 6.07) is 16.4. The summed E-state index contributed by atoms with van der Waals surface area (Å²) < 4.78 is 6.52. The number of nitro benzene ring substituents is 1. The number of carbonyl (C=O) groups is 3. The van der Waals surface area contributed by atoms with Crippen molar-refractivity contribution in [3.05, 3.63) is 102 Å². The topological polar surface area (TPSA) is 119 Å². The normalized spacial score (nSPS) is 14.7. The summed E-state index contributed by atoms with van der Waals surface area (Å²) in [6.45, 7) is 0.202. The summed E-state index contributed by atoms with van der Waals surface area (Å²) in [5.41, 5.74) is 1.39. The van der Waals surface area contributed by atoms with Crippen LogP contribution >= 0.6 is 34.2 Å². The van der Waals surface area contributed by atoms with E-state index in [-0.39, 0.29) is 23.6 Å². The monoisotopic (exact) mass is 603 g/mol. The van der Waals surface area contributed by atoms with Gasteiger partial charge in [-0.15, -0.1) is 0 Å². The molecule has 35 heavy (non-hydrogen) atoms. The summed E-state index contributed by atoms with van der Waals surface area (Å²) in [5.74, 6) is -0.989. The second kappa shape index (κ2) is 10.2. The molecule has 0 spiro atoms. The summed E-state index contributed by atoms with van der Waals surface area (Å²) in [6.07, 6.45) is 1.40. The first kappa shape index (κ1) is 24.4. The number of nitrogens with zero attached hydrogens (tertiary/aromatic N) is 2. The molecule has 1 saturated heterocycles. The lowest BCUT2D eigenvalue weighted by Crippen LogP contribution is -2.54. The number of hydrogen-bond donors (Lipinski definition) is 1. The number of ether oxygens (including phenoxy) is 1. The second-order valence-corrected chi connectivity index (χ2v) is 8.93. The van der Waals surface area contributed by atoms with Crippen molar-refractivity contribution in [1.82, 2.24) is 5.32 Å². The van der Waals surface area contributed by atoms with Crippen molar-refractivity contribution in [2.24, 2.45) is 0 Å². The average molecular weight is 604 g/mol. The lowest BCUT2D eigenvalue weighted by molar-refractivity contribution is -0.384. The van der Waals surface area contributed by atoms with Crippen LogP contribution in [0.25, 0.3) is 6.08 Å². The fourth-order valence-electron chi connectivity index (χ4n) is 3.25. The van der Waals surface area contributed by atoms with Crippen molar-refractivity contribution in [3.8, 4) is 5.75 Å². The first-order chi connectivity index (χ1) is 16.7. The molecule has 1 fully saturated rings. The number of hydrogen-bond acceptors (Lipinski definition) is 6. The van der Waals surface area contributed by atoms with Gasteiger partial charge in [-0.05, 0) is 88.3 Å². The summed E-state index contributed by atoms with van der Waals surface area (Å²) in [7, 11) is 0. The molecule has 1 aliphatic rings. The number of amides is 4. The predicted octanol–water partition coefficient (Wildman–Crippen LogP) is 5.10. The number of barbiturate groups is 1. The van der Waals surface area contributed by atoms with Gasteiger partial charge >= 0.3 is 6.03 Å². The standard InChI is InChI=1S/C24H15ClIN3O6/c25-16-4-8-17(9-5-16)28-23(31)19(22(30)27-24(28)32)11-15-3-10-21(20(26)12-15)35-13-14-1-6-18(7-2-14)29(33)34/h1-12H,13H2,(H,27,30,32)/b19-11+. The number of rotatable bonds is 6. The highest BCUT2D eigenvalue weighted by Gasteiger charge is 2.36. The maximum Gasteiger partial charge on any atom is 0.335 e. The molecule has 0 radical (unpaired) electrons. The van der Waals surface area contributed by atoms with Gasteiger partial charge in [0.2, 0.25) is 0 Å². The van der Waals surface area contributed by atoms with Gasteiger partial charge in [0.25, 0.3) is 17.5 Å². The Morgan fingerprint density at radius 3 is 2.34 bits per heavy atom. The molecule has 0 bridgehead atoms. The van der Waals surface area contributed by atoms with Crippen molar-refractivity contribution in [3.63, 3.8) is 0 Å². The van der Waals surface area contributed by atoms with Crippen LogP contribution in [0, 0.1) is 13.7 Å². The third kappa shape index (κ3) is 5.49. The molecule has 1 N–H and O–H groups in total. The molecule has 4 amide bonds. The smallest absolute Gasteiger partial charge is 0.335 e. The number of carbonyl (C=O) groups excluding carboxylic acids is 3. The Morgan fingerprint density at radius 1 is 1.03 bits per heavy atom. The molecule has 0 atom stereocenters. The van der Waals surface area contributed by atoms with Crippen LogP contribution in [0.3, 0.4) is 0 Å². The highest BCUT2D eigenvalue weighted by molar-refractivity contribution is 14.1. The average Bonchev–Trinajstić information content (AvgIpc) is 2.82. The van der Waals surface area contributed by atoms with Crippen LogP contribution in [-0.2, 0) is 16.2 Å². The third-order valence-electron chi connectivity index (χ3n) is 4.99. The van der Waals surface area contributed by atoms with Crippen molar-refractivity contribution in [1.29, 1.82) is 0 Å². The minimum Gasteiger partial charge on any atom is -0.488 e. The molecule has 3 aromatic carbocycles. The molecule has 176 valence electrons. The van der Waals surface area contributed by atoms with Gasteiger partial charge in [-0.2, -0.15) is 0 Å². The van der Waals surface area contributed by atoms with Gasteiger partial charge in [0.15, 0.2) is 0 Å². The van der Waals surface area contributed by atoms with Crippen LogP contribution in [-0.4, -0.2) is 22.8 Å². The Kier molecular flexibility index (Phi) is 7.12. The van der Waals surface area contributed by atoms with E-state index in [1.54, 1.807) is 30.3 Å². The highest BCUT2D eigenvalue weighted by Crippen LogP contribution is 2.27. The summed E-state index contributed by atoms with van der Waals surface area (Å²) in [4.78, 5) is 48.8. The quantitative estimate of drug-likeness (QED) is 0.138. The number of imide groups is 2. The summed E-state index contributed by atoms with van der Waals surface area (Å²) in [5, 5.41) is 13.4. The first-order valence-corrected chi connectivity index (χ1v) is 11.5. The Hall–Kier alpha value is -3.77. The number of non-ortho nitro benzene ring substituents is 1. The van der Waals surface area contributed by atoms with Crippen LogP contribution in [0.2, 0.25) is 5.02 Å². The molecular formula is C24H15ClIN3O6. The van der Waals surface area contributed by atoms with Crippen LogP contribution in [0.4, 0.5) is 16.2 Å². The molecule has 1 heterocycles. The SMILES string of the molecule is O=C1NC(=O)N(c2ccc(Cl)cc2)C(=O)/C1=C/c1ccc(OCc2ccc([N+](=O)[O-])cc2)c(I)c1. The van der Waals surface area contributed by atoms with E-state index in [9.17, 15) is 24.5 Å². The van der Waals surface area contributed by atoms with Gasteiger partial charge in [-0.3, -0.25) is 25.0 Å². The van der Waals surface area contributed by atoms with E-state index >= 15 is 0 Å². The Morgan fingerprint density at radius 2 is 1.71 bits per heavy atom. The van der Waals surface area contributed by atoms with Crippen LogP contribution in [0.15, 0.2) is 72.3 Å². The van der Waals surface area contributed by atoms with Crippen molar-refractivity contribution in [2.75, 3.05) is 4.90 Å². The molecule has 0 saturated carbocycles. The number of nitrogens with one attached hydrogen (secondary N) is 1. The first-order valence-electron chi connectivity index (χ1n) is 10.1. The lowest BCUT2D eigenvalue weighted by atomic mass is 10.1. The van der Waals surface area contributed by atoms with E-state index in [0.29, 0.717) is 19.9 Å². The molecule has 0 aliphatic carbocycles. The highest BCUT2D eigenvalue weighted by atomic mass is 127. The number of urea groups is 1. The molecular weight excluding hydrogens is 589 g/mol. The Labute approximate surface area is 217 Å². The number of benzene rings is 3. The van der Waals surface area contributed by atoms with Gasteiger partial charge < -0.3 is 4.74 Å². The van der Waals surface area contributed by atoms with E-state index in [0.717, 1.165) is 10.5 Å². The largest absolute Gasteiger partial charge is 0.488 e. The van der Waals surface area contributed by atoms with Gasteiger partial charge in [0, 0.05) is 17.2 Å². The Balaban J connectivity index is 1.52. The van der Waals surface area contributed by atoms with E-state index in [2.05, 4.69) is 27.9 Å². The van der Waals surface area contributed by atoms with Crippen LogP contribution in [0.1, 0.15) is 11.1 Å². The van der Waals surface area contributed by atoms with E-state index in [4.69, 9.17) is 16.3 Å². The lowest BCUT2D eigenvalue weighted by Gasteiger charge is -2.26. The molecule has 0 unspecified atom stereocenters. The fourth-order valence-corrected chi connectivity index (χ4v) is 4.07. The zero-order valence-electron chi connectivity index (χ0n) is 17.7. The maximum absolute atomic E-state index is 13.0. The Bertz CT molecular complexity index is 1370. The number of nitro groups is 1. The van der Waals surface area contributed by atoms with Gasteiger partial charge in [-0.1, -0.05) is 17.7 Å². The minimum absolute atomic E-state index is 0.00153. The van der Waals surface area contributed by atoms with Gasteiger partial charge in [0.05, 0.1) is 14.2 Å². The van der Waals surface area contributed by atoms with Crippen molar-refractivity contribution >= 4 is 69.5 Å². The zero-order valence-corrected chi connectivity index (χ0v) is 20.6. The second-order valence-electron chi connectivity index (χ2n) is 7.34. The van der Waals surface area contributed by atoms with E-state index in [1.807, 2.05) is 0 Å². The van der Waals surface area contributed by atoms with Gasteiger partial charge in [0.1, 0.15) is 17.9 Å². The minimum atomic E-state index is -0.843. The van der Waals surface area contributed by atoms with E-state index < -0.39 is 22.8 Å². The molecule has 1 aliphatic heterocycles. The molecule has 9 nitrogen and oxygen atoms in total. The molecule has 3 aromatic rings. The molecule has 11 heteroatoms. The van der Waals surface area contributed by atoms with Crippen LogP contribution in [0.5, 0.6) is 5.75 Å². The fraction of sp³-hybridized carbons (Fsp3) is 0.0417. The zero-order chi connectivity index (χ0) is 25.1. The predicted molar refractivity (Wildman–Crippen MR) is 137 cm³/mol. The third-order valence-corrected chi connectivity index (χ3v) is 6.09. The van der Waals surface area contributed by atoms with E-state index in [1.165, 1.54) is 42.5 Å². The maximum atomic E-state index is 13.0. The number of anilines is 1. The van der Waals surface area contributed by atoms with Gasteiger partial charge in [-0.25, -0.2) is 9.69 Å².